The quantitative estimate of drug-likeness (QED) is 0.374. The third-order valence-corrected chi connectivity index (χ3v) is 3.54. The molecule has 0 saturated carbocycles. The molecule has 1 atom stereocenters. The maximum absolute atomic E-state index is 11.5. The molecule has 134 valence electrons. The average Bonchev–Trinajstić information content (AvgIpc) is 2.48. The lowest BCUT2D eigenvalue weighted by molar-refractivity contribution is -0.139. The molecule has 0 aromatic carbocycles. The molecule has 0 aromatic heterocycles. The second-order valence-electron chi connectivity index (χ2n) is 6.35. The number of aliphatic carboxylic acids is 1. The summed E-state index contributed by atoms with van der Waals surface area (Å²) in [5.74, 6) is -0.855. The zero-order valence-electron chi connectivity index (χ0n) is 14.8. The maximum Gasteiger partial charge on any atom is 0.412 e. The van der Waals surface area contributed by atoms with Gasteiger partial charge < -0.3 is 15.2 Å². The number of rotatable bonds is 13. The van der Waals surface area contributed by atoms with Crippen molar-refractivity contribution in [3.63, 3.8) is 0 Å². The molecule has 0 radical (unpaired) electrons. The first-order valence-corrected chi connectivity index (χ1v) is 8.82. The van der Waals surface area contributed by atoms with Crippen LogP contribution in [-0.4, -0.2) is 23.2 Å². The van der Waals surface area contributed by atoms with E-state index in [0.717, 1.165) is 12.8 Å². The third kappa shape index (κ3) is 13.8. The van der Waals surface area contributed by atoms with E-state index in [-0.39, 0.29) is 5.92 Å². The smallest absolute Gasteiger partial charge is 0.412 e. The third-order valence-electron chi connectivity index (χ3n) is 3.54. The summed E-state index contributed by atoms with van der Waals surface area (Å²) in [6, 6.07) is -0.904. The number of carboxylic acid groups (broad SMARTS) is 1. The Labute approximate surface area is 140 Å². The van der Waals surface area contributed by atoms with Gasteiger partial charge in [-0.25, -0.2) is 9.59 Å². The Bertz CT molecular complexity index is 353. The van der Waals surface area contributed by atoms with Crippen LogP contribution < -0.4 is 5.32 Å². The van der Waals surface area contributed by atoms with Crippen molar-refractivity contribution in [1.82, 2.24) is 5.32 Å². The van der Waals surface area contributed by atoms with Gasteiger partial charge in [0.05, 0.1) is 6.26 Å². The van der Waals surface area contributed by atoms with Gasteiger partial charge in [0.2, 0.25) is 0 Å². The molecule has 0 spiro atoms. The lowest BCUT2D eigenvalue weighted by atomic mass is 10.0. The number of allylic oxidation sites excluding steroid dienone is 1. The van der Waals surface area contributed by atoms with E-state index >= 15 is 0 Å². The zero-order valence-corrected chi connectivity index (χ0v) is 14.8. The summed E-state index contributed by atoms with van der Waals surface area (Å²) in [6.45, 7) is 6.03. The highest BCUT2D eigenvalue weighted by atomic mass is 16.5. The van der Waals surface area contributed by atoms with Gasteiger partial charge in [0.15, 0.2) is 0 Å². The van der Waals surface area contributed by atoms with Crippen LogP contribution in [0.25, 0.3) is 0 Å². The molecule has 0 fully saturated rings. The van der Waals surface area contributed by atoms with Gasteiger partial charge in [-0.05, 0) is 31.3 Å². The number of unbranched alkanes of at least 4 members (excludes halogenated alkanes) is 7. The Morgan fingerprint density at radius 3 is 2.26 bits per heavy atom. The van der Waals surface area contributed by atoms with Gasteiger partial charge in [-0.1, -0.05) is 59.3 Å². The molecule has 0 aliphatic carbocycles. The van der Waals surface area contributed by atoms with Gasteiger partial charge in [-0.2, -0.15) is 0 Å². The standard InChI is InChI=1S/C18H33NO4/c1-4-5-6-7-8-9-10-11-12-13-23-18(22)19-16(17(20)21)14-15(2)3/h12-13,15-16H,4-11,14H2,1-3H3,(H,19,22)(H,20,21)/t16-/m0/s1. The minimum Gasteiger partial charge on any atom is -0.480 e. The molecular weight excluding hydrogens is 294 g/mol. The van der Waals surface area contributed by atoms with Crippen molar-refractivity contribution in [3.8, 4) is 0 Å². The molecule has 0 aliphatic rings. The molecule has 0 saturated heterocycles. The highest BCUT2D eigenvalue weighted by molar-refractivity contribution is 5.80. The Morgan fingerprint density at radius 2 is 1.70 bits per heavy atom. The summed E-state index contributed by atoms with van der Waals surface area (Å²) >= 11 is 0. The van der Waals surface area contributed by atoms with Crippen LogP contribution in [-0.2, 0) is 9.53 Å². The Hall–Kier alpha value is -1.52. The van der Waals surface area contributed by atoms with Crippen LogP contribution in [0, 0.1) is 5.92 Å². The minimum atomic E-state index is -1.04. The Morgan fingerprint density at radius 1 is 1.09 bits per heavy atom. The van der Waals surface area contributed by atoms with E-state index in [4.69, 9.17) is 9.84 Å². The second-order valence-corrected chi connectivity index (χ2v) is 6.35. The first kappa shape index (κ1) is 21.5. The van der Waals surface area contributed by atoms with Crippen molar-refractivity contribution in [1.29, 1.82) is 0 Å². The summed E-state index contributed by atoms with van der Waals surface area (Å²) < 4.78 is 4.87. The fourth-order valence-electron chi connectivity index (χ4n) is 2.27. The number of amides is 1. The molecule has 0 aromatic rings. The van der Waals surface area contributed by atoms with E-state index in [1.807, 2.05) is 19.9 Å². The van der Waals surface area contributed by atoms with Crippen molar-refractivity contribution < 1.29 is 19.4 Å². The largest absolute Gasteiger partial charge is 0.480 e. The number of hydrogen-bond donors (Lipinski definition) is 2. The van der Waals surface area contributed by atoms with Crippen LogP contribution in [0.1, 0.15) is 78.6 Å². The van der Waals surface area contributed by atoms with Crippen LogP contribution in [0.5, 0.6) is 0 Å². The van der Waals surface area contributed by atoms with E-state index < -0.39 is 18.1 Å². The molecule has 5 heteroatoms. The van der Waals surface area contributed by atoms with Crippen molar-refractivity contribution in [2.24, 2.45) is 5.92 Å². The summed E-state index contributed by atoms with van der Waals surface area (Å²) in [5, 5.41) is 11.4. The van der Waals surface area contributed by atoms with E-state index in [1.165, 1.54) is 44.8 Å². The number of carbonyl (C=O) groups excluding carboxylic acids is 1. The monoisotopic (exact) mass is 327 g/mol. The zero-order chi connectivity index (χ0) is 17.5. The topological polar surface area (TPSA) is 75.6 Å². The second kappa shape index (κ2) is 14.1. The molecule has 0 rings (SSSR count). The first-order chi connectivity index (χ1) is 11.0. The van der Waals surface area contributed by atoms with E-state index in [1.54, 1.807) is 0 Å². The summed E-state index contributed by atoms with van der Waals surface area (Å²) in [4.78, 5) is 22.6. The van der Waals surface area contributed by atoms with E-state index in [0.29, 0.717) is 6.42 Å². The van der Waals surface area contributed by atoms with Gasteiger partial charge in [-0.3, -0.25) is 0 Å². The Kier molecular flexibility index (Phi) is 13.2. The van der Waals surface area contributed by atoms with Crippen LogP contribution in [0.3, 0.4) is 0 Å². The molecule has 23 heavy (non-hydrogen) atoms. The number of hydrogen-bond acceptors (Lipinski definition) is 3. The number of carbonyl (C=O) groups is 2. The highest BCUT2D eigenvalue weighted by Gasteiger charge is 2.21. The predicted molar refractivity (Wildman–Crippen MR) is 92.2 cm³/mol. The average molecular weight is 327 g/mol. The summed E-state index contributed by atoms with van der Waals surface area (Å²) in [5.41, 5.74) is 0. The van der Waals surface area contributed by atoms with E-state index in [9.17, 15) is 9.59 Å². The fraction of sp³-hybridized carbons (Fsp3) is 0.778. The molecular formula is C18H33NO4. The summed E-state index contributed by atoms with van der Waals surface area (Å²) in [7, 11) is 0. The lowest BCUT2D eigenvalue weighted by Gasteiger charge is -2.15. The SMILES string of the molecule is CCCCCCCCCC=COC(=O)N[C@@H](CC(C)C)C(=O)O. The molecule has 5 nitrogen and oxygen atoms in total. The molecule has 0 heterocycles. The fourth-order valence-corrected chi connectivity index (χ4v) is 2.27. The van der Waals surface area contributed by atoms with Crippen LogP contribution >= 0.6 is 0 Å². The van der Waals surface area contributed by atoms with Crippen LogP contribution in [0.15, 0.2) is 12.3 Å². The van der Waals surface area contributed by atoms with Crippen LogP contribution in [0.4, 0.5) is 4.79 Å². The summed E-state index contributed by atoms with van der Waals surface area (Å²) in [6.07, 6.45) is 12.4. The lowest BCUT2D eigenvalue weighted by Crippen LogP contribution is -2.41. The van der Waals surface area contributed by atoms with Gasteiger partial charge >= 0.3 is 12.1 Å². The van der Waals surface area contributed by atoms with Crippen molar-refractivity contribution in [2.75, 3.05) is 0 Å². The number of ether oxygens (including phenoxy) is 1. The van der Waals surface area contributed by atoms with Crippen molar-refractivity contribution in [3.05, 3.63) is 12.3 Å². The van der Waals surface area contributed by atoms with E-state index in [2.05, 4.69) is 12.2 Å². The normalized spacial score (nSPS) is 12.5. The van der Waals surface area contributed by atoms with Crippen LogP contribution in [0.2, 0.25) is 0 Å². The van der Waals surface area contributed by atoms with Gasteiger partial charge in [0, 0.05) is 0 Å². The van der Waals surface area contributed by atoms with Gasteiger partial charge in [0.1, 0.15) is 6.04 Å². The molecule has 0 bridgehead atoms. The van der Waals surface area contributed by atoms with Crippen molar-refractivity contribution in [2.45, 2.75) is 84.6 Å². The number of alkyl carbamates (subject to hydrolysis) is 1. The number of nitrogens with one attached hydrogen (secondary N) is 1. The molecule has 1 amide bonds. The maximum atomic E-state index is 11.5. The number of carboxylic acids is 1. The Balaban J connectivity index is 3.73. The molecule has 0 aliphatic heterocycles. The molecule has 2 N–H and O–H groups in total. The van der Waals surface area contributed by atoms with Crippen molar-refractivity contribution >= 4 is 12.1 Å². The van der Waals surface area contributed by atoms with Gasteiger partial charge in [0.25, 0.3) is 0 Å². The van der Waals surface area contributed by atoms with Gasteiger partial charge in [-0.15, -0.1) is 0 Å². The molecule has 0 unspecified atom stereocenters. The predicted octanol–water partition coefficient (Wildman–Crippen LogP) is 4.87. The highest BCUT2D eigenvalue weighted by Crippen LogP contribution is 2.09. The minimum absolute atomic E-state index is 0.185. The first-order valence-electron chi connectivity index (χ1n) is 8.82.